The van der Waals surface area contributed by atoms with E-state index in [4.69, 9.17) is 5.73 Å². The Morgan fingerprint density at radius 2 is 2.20 bits per heavy atom. The molecule has 1 atom stereocenters. The molecule has 2 heteroatoms. The topological polar surface area (TPSA) is 26.0 Å². The zero-order valence-electron chi connectivity index (χ0n) is 9.39. The number of aryl methyl sites for hydroxylation is 1. The highest BCUT2D eigenvalue weighted by molar-refractivity contribution is 9.10. The van der Waals surface area contributed by atoms with Crippen LogP contribution in [0, 0.1) is 6.92 Å². The summed E-state index contributed by atoms with van der Waals surface area (Å²) in [5, 5.41) is 0. The summed E-state index contributed by atoms with van der Waals surface area (Å²) in [6.45, 7) is 8.17. The van der Waals surface area contributed by atoms with Gasteiger partial charge in [0.15, 0.2) is 0 Å². The van der Waals surface area contributed by atoms with Crippen LogP contribution < -0.4 is 5.73 Å². The van der Waals surface area contributed by atoms with Crippen LogP contribution in [-0.4, -0.2) is 0 Å². The highest BCUT2D eigenvalue weighted by atomic mass is 79.9. The molecule has 0 saturated carbocycles. The van der Waals surface area contributed by atoms with Crippen LogP contribution in [0.3, 0.4) is 0 Å². The van der Waals surface area contributed by atoms with Crippen molar-refractivity contribution in [3.05, 3.63) is 46.0 Å². The van der Waals surface area contributed by atoms with Crippen molar-refractivity contribution in [1.82, 2.24) is 0 Å². The molecule has 0 aliphatic rings. The molecule has 0 amide bonds. The molecule has 1 nitrogen and oxygen atoms in total. The van der Waals surface area contributed by atoms with E-state index in [-0.39, 0.29) is 6.04 Å². The van der Waals surface area contributed by atoms with Gasteiger partial charge < -0.3 is 5.73 Å². The van der Waals surface area contributed by atoms with Crippen LogP contribution in [0.25, 0.3) is 0 Å². The van der Waals surface area contributed by atoms with E-state index in [1.807, 2.05) is 0 Å². The molecule has 0 aliphatic carbocycles. The normalized spacial score (nSPS) is 12.5. The Kier molecular flexibility index (Phi) is 4.55. The number of benzene rings is 1. The third kappa shape index (κ3) is 3.47. The zero-order valence-corrected chi connectivity index (χ0v) is 11.0. The number of rotatable bonds is 4. The molecule has 0 saturated heterocycles. The van der Waals surface area contributed by atoms with Gasteiger partial charge in [-0.15, -0.1) is 0 Å². The lowest BCUT2D eigenvalue weighted by Gasteiger charge is -2.14. The summed E-state index contributed by atoms with van der Waals surface area (Å²) >= 11 is 3.52. The van der Waals surface area contributed by atoms with Gasteiger partial charge in [0.1, 0.15) is 0 Å². The standard InChI is InChI=1S/C13H18BrN/c1-4-9(2)7-13(15)11-6-5-10(3)12(14)8-11/h5-6,8,13H,2,4,7,15H2,1,3H3. The summed E-state index contributed by atoms with van der Waals surface area (Å²) in [5.74, 6) is 0. The van der Waals surface area contributed by atoms with Gasteiger partial charge in [-0.05, 0) is 37.0 Å². The Morgan fingerprint density at radius 1 is 1.53 bits per heavy atom. The second kappa shape index (κ2) is 5.47. The summed E-state index contributed by atoms with van der Waals surface area (Å²) in [7, 11) is 0. The second-order valence-corrected chi connectivity index (χ2v) is 4.78. The molecule has 2 N–H and O–H groups in total. The van der Waals surface area contributed by atoms with Crippen molar-refractivity contribution in [1.29, 1.82) is 0 Å². The summed E-state index contributed by atoms with van der Waals surface area (Å²) in [6.07, 6.45) is 1.87. The lowest BCUT2D eigenvalue weighted by molar-refractivity contribution is 0.700. The van der Waals surface area contributed by atoms with Crippen molar-refractivity contribution in [2.75, 3.05) is 0 Å². The third-order valence-electron chi connectivity index (χ3n) is 2.63. The molecule has 15 heavy (non-hydrogen) atoms. The van der Waals surface area contributed by atoms with Crippen molar-refractivity contribution in [3.8, 4) is 0 Å². The SMILES string of the molecule is C=C(CC)CC(N)c1ccc(C)c(Br)c1. The van der Waals surface area contributed by atoms with Crippen LogP contribution in [0.15, 0.2) is 34.8 Å². The van der Waals surface area contributed by atoms with Crippen molar-refractivity contribution in [3.63, 3.8) is 0 Å². The van der Waals surface area contributed by atoms with E-state index in [1.54, 1.807) is 0 Å². The first kappa shape index (κ1) is 12.5. The van der Waals surface area contributed by atoms with Gasteiger partial charge in [0.2, 0.25) is 0 Å². The molecule has 82 valence electrons. The van der Waals surface area contributed by atoms with Gasteiger partial charge in [-0.3, -0.25) is 0 Å². The highest BCUT2D eigenvalue weighted by Gasteiger charge is 2.08. The molecule has 0 spiro atoms. The average Bonchev–Trinajstić information content (AvgIpc) is 2.21. The van der Waals surface area contributed by atoms with E-state index in [0.29, 0.717) is 0 Å². The summed E-state index contributed by atoms with van der Waals surface area (Å²) in [4.78, 5) is 0. The van der Waals surface area contributed by atoms with Crippen molar-refractivity contribution < 1.29 is 0 Å². The van der Waals surface area contributed by atoms with Crippen LogP contribution in [0.4, 0.5) is 0 Å². The first-order valence-electron chi connectivity index (χ1n) is 5.23. The van der Waals surface area contributed by atoms with Crippen molar-refractivity contribution in [2.45, 2.75) is 32.7 Å². The lowest BCUT2D eigenvalue weighted by Crippen LogP contribution is -2.10. The maximum Gasteiger partial charge on any atom is 0.0332 e. The molecule has 0 fully saturated rings. The number of nitrogens with two attached hydrogens (primary N) is 1. The van der Waals surface area contributed by atoms with Crippen LogP contribution in [0.2, 0.25) is 0 Å². The van der Waals surface area contributed by atoms with Gasteiger partial charge >= 0.3 is 0 Å². The minimum absolute atomic E-state index is 0.0642. The minimum atomic E-state index is 0.0642. The Labute approximate surface area is 101 Å². The van der Waals surface area contributed by atoms with Gasteiger partial charge in [-0.2, -0.15) is 0 Å². The summed E-state index contributed by atoms with van der Waals surface area (Å²) in [5.41, 5.74) is 9.72. The van der Waals surface area contributed by atoms with E-state index in [1.165, 1.54) is 16.7 Å². The predicted octanol–water partition coefficient (Wildman–Crippen LogP) is 4.11. The fourth-order valence-electron chi connectivity index (χ4n) is 1.41. The molecule has 1 aromatic rings. The molecule has 0 heterocycles. The molecule has 0 radical (unpaired) electrons. The monoisotopic (exact) mass is 267 g/mol. The smallest absolute Gasteiger partial charge is 0.0332 e. The summed E-state index contributed by atoms with van der Waals surface area (Å²) in [6, 6.07) is 6.35. The quantitative estimate of drug-likeness (QED) is 0.817. The molecular weight excluding hydrogens is 250 g/mol. The first-order valence-corrected chi connectivity index (χ1v) is 6.02. The van der Waals surface area contributed by atoms with Gasteiger partial charge in [-0.1, -0.05) is 47.1 Å². The Morgan fingerprint density at radius 3 is 2.73 bits per heavy atom. The van der Waals surface area contributed by atoms with Crippen LogP contribution in [0.5, 0.6) is 0 Å². The Balaban J connectivity index is 2.78. The van der Waals surface area contributed by atoms with Crippen LogP contribution in [-0.2, 0) is 0 Å². The van der Waals surface area contributed by atoms with Gasteiger partial charge in [0.05, 0.1) is 0 Å². The average molecular weight is 268 g/mol. The molecule has 1 unspecified atom stereocenters. The van der Waals surface area contributed by atoms with E-state index in [2.05, 4.69) is 54.6 Å². The lowest BCUT2D eigenvalue weighted by atomic mass is 9.98. The van der Waals surface area contributed by atoms with Crippen LogP contribution in [0.1, 0.15) is 36.9 Å². The maximum atomic E-state index is 6.11. The molecule has 0 aliphatic heterocycles. The highest BCUT2D eigenvalue weighted by Crippen LogP contribution is 2.24. The predicted molar refractivity (Wildman–Crippen MR) is 69.9 cm³/mol. The number of hydrogen-bond donors (Lipinski definition) is 1. The fourth-order valence-corrected chi connectivity index (χ4v) is 1.81. The van der Waals surface area contributed by atoms with Gasteiger partial charge in [-0.25, -0.2) is 0 Å². The fraction of sp³-hybridized carbons (Fsp3) is 0.385. The third-order valence-corrected chi connectivity index (χ3v) is 3.49. The molecular formula is C13H18BrN. The largest absolute Gasteiger partial charge is 0.324 e. The van der Waals surface area contributed by atoms with E-state index in [0.717, 1.165) is 17.3 Å². The second-order valence-electron chi connectivity index (χ2n) is 3.92. The first-order chi connectivity index (χ1) is 7.04. The number of halogens is 1. The Bertz CT molecular complexity index is 358. The van der Waals surface area contributed by atoms with Gasteiger partial charge in [0, 0.05) is 10.5 Å². The van der Waals surface area contributed by atoms with E-state index < -0.39 is 0 Å². The van der Waals surface area contributed by atoms with E-state index >= 15 is 0 Å². The van der Waals surface area contributed by atoms with Crippen LogP contribution >= 0.6 is 15.9 Å². The van der Waals surface area contributed by atoms with E-state index in [9.17, 15) is 0 Å². The Hall–Kier alpha value is -0.600. The molecule has 0 bridgehead atoms. The van der Waals surface area contributed by atoms with Gasteiger partial charge in [0.25, 0.3) is 0 Å². The maximum absolute atomic E-state index is 6.11. The molecule has 0 aromatic heterocycles. The zero-order chi connectivity index (χ0) is 11.4. The minimum Gasteiger partial charge on any atom is -0.324 e. The van der Waals surface area contributed by atoms with Crippen molar-refractivity contribution >= 4 is 15.9 Å². The molecule has 1 aromatic carbocycles. The van der Waals surface area contributed by atoms with Crippen molar-refractivity contribution in [2.24, 2.45) is 5.73 Å². The molecule has 1 rings (SSSR count). The summed E-state index contributed by atoms with van der Waals surface area (Å²) < 4.78 is 1.12. The number of hydrogen-bond acceptors (Lipinski definition) is 1.